The summed E-state index contributed by atoms with van der Waals surface area (Å²) >= 11 is 0. The zero-order valence-corrected chi connectivity index (χ0v) is 15.3. The fourth-order valence-corrected chi connectivity index (χ4v) is 3.73. The lowest BCUT2D eigenvalue weighted by atomic mass is 10.1. The molecule has 1 N–H and O–H groups in total. The van der Waals surface area contributed by atoms with E-state index in [1.807, 2.05) is 22.6 Å². The summed E-state index contributed by atoms with van der Waals surface area (Å²) in [6, 6.07) is 7.53. The Labute approximate surface area is 155 Å². The highest BCUT2D eigenvalue weighted by Crippen LogP contribution is 2.37. The molecule has 2 aromatic heterocycles. The highest BCUT2D eigenvalue weighted by Gasteiger charge is 2.21. The van der Waals surface area contributed by atoms with Crippen LogP contribution in [0.5, 0.6) is 11.5 Å². The number of aromatic nitrogens is 2. The predicted octanol–water partition coefficient (Wildman–Crippen LogP) is 2.53. The van der Waals surface area contributed by atoms with Gasteiger partial charge in [-0.15, -0.1) is 0 Å². The van der Waals surface area contributed by atoms with Crippen molar-refractivity contribution in [1.29, 1.82) is 0 Å². The molecule has 2 aromatic carbocycles. The number of imidazole rings is 1. The SMILES string of the molecule is CN(C)CCCNc1ccc2ncn3c4cc5c(cc4c(=O)c1c23)OCO5. The summed E-state index contributed by atoms with van der Waals surface area (Å²) < 4.78 is 12.9. The van der Waals surface area contributed by atoms with Crippen LogP contribution in [0, 0.1) is 0 Å². The van der Waals surface area contributed by atoms with Gasteiger partial charge >= 0.3 is 0 Å². The number of nitrogens with zero attached hydrogens (tertiary/aromatic N) is 3. The Balaban J connectivity index is 1.71. The van der Waals surface area contributed by atoms with E-state index in [2.05, 4.69) is 29.3 Å². The molecule has 0 atom stereocenters. The maximum absolute atomic E-state index is 13.4. The first-order valence-electron chi connectivity index (χ1n) is 9.01. The Bertz CT molecular complexity index is 1220. The van der Waals surface area contributed by atoms with Crippen LogP contribution in [0.15, 0.2) is 35.4 Å². The topological polar surface area (TPSA) is 68.1 Å². The maximum Gasteiger partial charge on any atom is 0.231 e. The van der Waals surface area contributed by atoms with E-state index in [-0.39, 0.29) is 12.2 Å². The second kappa shape index (κ2) is 5.99. The van der Waals surface area contributed by atoms with Gasteiger partial charge in [-0.25, -0.2) is 4.98 Å². The van der Waals surface area contributed by atoms with Crippen LogP contribution in [0.3, 0.4) is 0 Å². The van der Waals surface area contributed by atoms with Crippen molar-refractivity contribution in [2.45, 2.75) is 6.42 Å². The number of ether oxygens (including phenoxy) is 2. The lowest BCUT2D eigenvalue weighted by Gasteiger charge is -2.13. The van der Waals surface area contributed by atoms with Gasteiger partial charge in [0.05, 0.1) is 27.3 Å². The highest BCUT2D eigenvalue weighted by molar-refractivity contribution is 6.07. The number of benzene rings is 2. The van der Waals surface area contributed by atoms with Crippen LogP contribution >= 0.6 is 0 Å². The smallest absolute Gasteiger partial charge is 0.231 e. The average molecular weight is 364 g/mol. The van der Waals surface area contributed by atoms with E-state index in [9.17, 15) is 4.79 Å². The number of nitrogens with one attached hydrogen (secondary N) is 1. The van der Waals surface area contributed by atoms with Gasteiger partial charge in [0.15, 0.2) is 16.9 Å². The molecular weight excluding hydrogens is 344 g/mol. The summed E-state index contributed by atoms with van der Waals surface area (Å²) in [5, 5.41) is 4.70. The molecule has 7 heteroatoms. The lowest BCUT2D eigenvalue weighted by molar-refractivity contribution is 0.174. The van der Waals surface area contributed by atoms with E-state index in [1.165, 1.54) is 0 Å². The van der Waals surface area contributed by atoms with E-state index in [1.54, 1.807) is 12.4 Å². The van der Waals surface area contributed by atoms with Crippen molar-refractivity contribution >= 4 is 33.0 Å². The minimum Gasteiger partial charge on any atom is -0.454 e. The number of fused-ring (bicyclic) bond motifs is 3. The van der Waals surface area contributed by atoms with Gasteiger partial charge < -0.3 is 19.7 Å². The molecule has 0 unspecified atom stereocenters. The molecule has 1 aliphatic heterocycles. The molecule has 7 nitrogen and oxygen atoms in total. The molecule has 4 aromatic rings. The van der Waals surface area contributed by atoms with Gasteiger partial charge in [-0.05, 0) is 45.3 Å². The number of pyridine rings is 1. The van der Waals surface area contributed by atoms with Crippen LogP contribution in [0.1, 0.15) is 6.42 Å². The van der Waals surface area contributed by atoms with Gasteiger partial charge in [-0.1, -0.05) is 0 Å². The summed E-state index contributed by atoms with van der Waals surface area (Å²) in [5.41, 5.74) is 3.25. The molecule has 3 heterocycles. The Kier molecular flexibility index (Phi) is 3.58. The van der Waals surface area contributed by atoms with Crippen molar-refractivity contribution in [2.24, 2.45) is 0 Å². The monoisotopic (exact) mass is 364 g/mol. The van der Waals surface area contributed by atoms with Crippen LogP contribution < -0.4 is 20.2 Å². The number of hydrogen-bond acceptors (Lipinski definition) is 6. The van der Waals surface area contributed by atoms with Crippen molar-refractivity contribution in [2.75, 3.05) is 39.3 Å². The molecule has 5 rings (SSSR count). The van der Waals surface area contributed by atoms with E-state index in [0.717, 1.165) is 41.7 Å². The van der Waals surface area contributed by atoms with Crippen LogP contribution in [-0.2, 0) is 0 Å². The Hall–Kier alpha value is -3.06. The molecule has 0 amide bonds. The maximum atomic E-state index is 13.4. The molecule has 0 saturated carbocycles. The van der Waals surface area contributed by atoms with Gasteiger partial charge in [0.1, 0.15) is 6.33 Å². The molecule has 0 aliphatic carbocycles. The first kappa shape index (κ1) is 16.1. The molecule has 0 radical (unpaired) electrons. The highest BCUT2D eigenvalue weighted by atomic mass is 16.7. The van der Waals surface area contributed by atoms with E-state index >= 15 is 0 Å². The molecule has 138 valence electrons. The van der Waals surface area contributed by atoms with Gasteiger partial charge in [-0.3, -0.25) is 9.20 Å². The molecule has 0 bridgehead atoms. The van der Waals surface area contributed by atoms with Crippen molar-refractivity contribution in [3.63, 3.8) is 0 Å². The van der Waals surface area contributed by atoms with Crippen LogP contribution in [0.2, 0.25) is 0 Å². The zero-order valence-electron chi connectivity index (χ0n) is 15.3. The van der Waals surface area contributed by atoms with Crippen LogP contribution in [0.4, 0.5) is 5.69 Å². The van der Waals surface area contributed by atoms with E-state index in [4.69, 9.17) is 9.47 Å². The molecule has 27 heavy (non-hydrogen) atoms. The summed E-state index contributed by atoms with van der Waals surface area (Å²) in [6.45, 7) is 1.96. The summed E-state index contributed by atoms with van der Waals surface area (Å²) in [5.74, 6) is 1.27. The second-order valence-electron chi connectivity index (χ2n) is 7.11. The van der Waals surface area contributed by atoms with Crippen molar-refractivity contribution in [3.05, 3.63) is 40.8 Å². The Morgan fingerprint density at radius 2 is 2.04 bits per heavy atom. The fourth-order valence-electron chi connectivity index (χ4n) is 3.73. The average Bonchev–Trinajstić information content (AvgIpc) is 3.28. The van der Waals surface area contributed by atoms with Crippen molar-refractivity contribution in [3.8, 4) is 11.5 Å². The van der Waals surface area contributed by atoms with Gasteiger partial charge in [0.25, 0.3) is 0 Å². The standard InChI is InChI=1S/C20H20N4O3/c1-23(2)7-3-6-21-13-4-5-14-19-18(13)20(25)12-8-16-17(27-11-26-16)9-15(12)24(19)10-22-14/h4-5,8-10,21H,3,6-7,11H2,1-2H3. The molecule has 0 saturated heterocycles. The Morgan fingerprint density at radius 3 is 2.85 bits per heavy atom. The minimum atomic E-state index is -0.0167. The van der Waals surface area contributed by atoms with E-state index < -0.39 is 0 Å². The minimum absolute atomic E-state index is 0.0167. The Morgan fingerprint density at radius 1 is 1.22 bits per heavy atom. The third-order valence-corrected chi connectivity index (χ3v) is 5.03. The third kappa shape index (κ3) is 2.46. The molecule has 0 spiro atoms. The van der Waals surface area contributed by atoms with Gasteiger partial charge in [0, 0.05) is 18.3 Å². The first-order chi connectivity index (χ1) is 13.1. The fraction of sp³-hybridized carbons (Fsp3) is 0.300. The number of hydrogen-bond donors (Lipinski definition) is 1. The summed E-state index contributed by atoms with van der Waals surface area (Å²) in [4.78, 5) is 20.0. The van der Waals surface area contributed by atoms with Crippen molar-refractivity contribution < 1.29 is 9.47 Å². The largest absolute Gasteiger partial charge is 0.454 e. The van der Waals surface area contributed by atoms with Gasteiger partial charge in [0.2, 0.25) is 6.79 Å². The zero-order chi connectivity index (χ0) is 18.5. The normalized spacial score (nSPS) is 13.4. The quantitative estimate of drug-likeness (QED) is 0.434. The predicted molar refractivity (Wildman–Crippen MR) is 105 cm³/mol. The van der Waals surface area contributed by atoms with Crippen molar-refractivity contribution in [1.82, 2.24) is 14.3 Å². The lowest BCUT2D eigenvalue weighted by Crippen LogP contribution is -2.17. The first-order valence-corrected chi connectivity index (χ1v) is 9.01. The van der Waals surface area contributed by atoms with Crippen LogP contribution in [-0.4, -0.2) is 48.3 Å². The van der Waals surface area contributed by atoms with Crippen LogP contribution in [0.25, 0.3) is 27.3 Å². The van der Waals surface area contributed by atoms with Gasteiger partial charge in [-0.2, -0.15) is 0 Å². The second-order valence-corrected chi connectivity index (χ2v) is 7.11. The molecular formula is C20H20N4O3. The molecule has 0 fully saturated rings. The van der Waals surface area contributed by atoms with E-state index in [0.29, 0.717) is 22.3 Å². The number of rotatable bonds is 5. The third-order valence-electron chi connectivity index (χ3n) is 5.03. The molecule has 1 aliphatic rings. The number of anilines is 1. The summed E-state index contributed by atoms with van der Waals surface area (Å²) in [7, 11) is 4.11. The summed E-state index contributed by atoms with van der Waals surface area (Å²) in [6.07, 6.45) is 2.75.